The first-order chi connectivity index (χ1) is 5.37. The van der Waals surface area contributed by atoms with Crippen molar-refractivity contribution in [2.24, 2.45) is 11.5 Å². The Bertz CT molecular complexity index is 195. The number of Topliss-reactive ketones (excluding diaryl/α,β-unsaturated/α-hetero) is 1. The number of aliphatic carboxylic acids is 1. The molecule has 12 heavy (non-hydrogen) atoms. The van der Waals surface area contributed by atoms with Crippen LogP contribution in [0, 0.1) is 0 Å². The van der Waals surface area contributed by atoms with Crippen molar-refractivity contribution in [3.63, 3.8) is 0 Å². The van der Waals surface area contributed by atoms with Crippen LogP contribution in [0.15, 0.2) is 0 Å². The molecule has 3 atom stereocenters. The summed E-state index contributed by atoms with van der Waals surface area (Å²) in [5, 5.41) is 7.38. The van der Waals surface area contributed by atoms with Crippen LogP contribution in [0.5, 0.6) is 0 Å². The highest BCUT2D eigenvalue weighted by Gasteiger charge is 2.28. The van der Waals surface area contributed by atoms with Gasteiger partial charge in [-0.25, -0.2) is 0 Å². The van der Waals surface area contributed by atoms with Gasteiger partial charge in [0.25, 0.3) is 0 Å². The molecule has 6 heteroatoms. The van der Waals surface area contributed by atoms with Crippen molar-refractivity contribution < 1.29 is 14.7 Å². The van der Waals surface area contributed by atoms with Gasteiger partial charge in [-0.2, -0.15) is 12.6 Å². The molecule has 0 heterocycles. The number of carboxylic acid groups (broad SMARTS) is 1. The molecular formula is C6H12N2O3S. The lowest BCUT2D eigenvalue weighted by molar-refractivity contribution is -0.140. The number of carboxylic acids is 1. The van der Waals surface area contributed by atoms with E-state index in [-0.39, 0.29) is 0 Å². The normalized spacial score (nSPS) is 18.0. The average molecular weight is 192 g/mol. The van der Waals surface area contributed by atoms with Gasteiger partial charge in [0.15, 0.2) is 5.78 Å². The first kappa shape index (κ1) is 11.4. The van der Waals surface area contributed by atoms with Crippen LogP contribution in [0.4, 0.5) is 0 Å². The number of hydrogen-bond donors (Lipinski definition) is 4. The van der Waals surface area contributed by atoms with Gasteiger partial charge in [-0.05, 0) is 6.92 Å². The van der Waals surface area contributed by atoms with Crippen molar-refractivity contribution >= 4 is 24.4 Å². The monoisotopic (exact) mass is 192 g/mol. The lowest BCUT2D eigenvalue weighted by Gasteiger charge is -2.15. The van der Waals surface area contributed by atoms with E-state index in [1.807, 2.05) is 0 Å². The minimum atomic E-state index is -1.30. The molecule has 0 aliphatic rings. The van der Waals surface area contributed by atoms with E-state index < -0.39 is 29.1 Å². The van der Waals surface area contributed by atoms with Crippen molar-refractivity contribution in [2.45, 2.75) is 24.3 Å². The third-order valence-electron chi connectivity index (χ3n) is 1.37. The predicted octanol–water partition coefficient (Wildman–Crippen LogP) is -1.39. The quantitative estimate of drug-likeness (QED) is 0.410. The molecule has 0 spiro atoms. The first-order valence-electron chi connectivity index (χ1n) is 3.33. The summed E-state index contributed by atoms with van der Waals surface area (Å²) in [7, 11) is 0. The van der Waals surface area contributed by atoms with E-state index in [1.54, 1.807) is 0 Å². The van der Waals surface area contributed by atoms with Gasteiger partial charge in [0.05, 0.1) is 11.3 Å². The maximum absolute atomic E-state index is 11.0. The molecule has 0 aliphatic heterocycles. The molecule has 5 nitrogen and oxygen atoms in total. The van der Waals surface area contributed by atoms with Crippen LogP contribution in [0.3, 0.4) is 0 Å². The number of carbonyl (C=O) groups excluding carboxylic acids is 1. The van der Waals surface area contributed by atoms with Crippen LogP contribution in [0.25, 0.3) is 0 Å². The number of ketones is 1. The number of carbonyl (C=O) groups is 2. The van der Waals surface area contributed by atoms with Gasteiger partial charge in [-0.3, -0.25) is 9.59 Å². The fourth-order valence-electron chi connectivity index (χ4n) is 0.581. The van der Waals surface area contributed by atoms with Crippen LogP contribution in [0.1, 0.15) is 6.92 Å². The van der Waals surface area contributed by atoms with Crippen LogP contribution in [0.2, 0.25) is 0 Å². The van der Waals surface area contributed by atoms with Crippen molar-refractivity contribution in [3.8, 4) is 0 Å². The van der Waals surface area contributed by atoms with Crippen molar-refractivity contribution in [2.75, 3.05) is 0 Å². The number of hydrogen-bond acceptors (Lipinski definition) is 5. The van der Waals surface area contributed by atoms with Crippen LogP contribution < -0.4 is 11.5 Å². The second-order valence-corrected chi connectivity index (χ2v) is 3.06. The highest BCUT2D eigenvalue weighted by atomic mass is 32.1. The molecular weight excluding hydrogens is 180 g/mol. The topological polar surface area (TPSA) is 106 Å². The van der Waals surface area contributed by atoms with E-state index in [4.69, 9.17) is 16.6 Å². The van der Waals surface area contributed by atoms with Gasteiger partial charge in [0, 0.05) is 0 Å². The zero-order chi connectivity index (χ0) is 9.89. The third kappa shape index (κ3) is 2.80. The molecule has 70 valence electrons. The van der Waals surface area contributed by atoms with Crippen LogP contribution in [-0.4, -0.2) is 34.2 Å². The Kier molecular flexibility index (Phi) is 4.22. The highest BCUT2D eigenvalue weighted by Crippen LogP contribution is 2.03. The number of rotatable bonds is 4. The smallest absolute Gasteiger partial charge is 0.322 e. The molecule has 0 amide bonds. The molecule has 0 fully saturated rings. The summed E-state index contributed by atoms with van der Waals surface area (Å²) in [4.78, 5) is 21.3. The Morgan fingerprint density at radius 2 is 1.83 bits per heavy atom. The van der Waals surface area contributed by atoms with E-state index >= 15 is 0 Å². The van der Waals surface area contributed by atoms with Gasteiger partial charge < -0.3 is 16.6 Å². The molecule has 0 radical (unpaired) electrons. The summed E-state index contributed by atoms with van der Waals surface area (Å²) < 4.78 is 0. The van der Waals surface area contributed by atoms with Crippen molar-refractivity contribution in [3.05, 3.63) is 0 Å². The van der Waals surface area contributed by atoms with Crippen LogP contribution >= 0.6 is 12.6 Å². The van der Waals surface area contributed by atoms with E-state index in [2.05, 4.69) is 12.6 Å². The standard InChI is InChI=1S/C6H12N2O3S/c1-2(7)4(9)5(12)3(8)6(10)11/h2-3,5,12H,7-8H2,1H3,(H,10,11). The van der Waals surface area contributed by atoms with Crippen molar-refractivity contribution in [1.29, 1.82) is 0 Å². The molecule has 3 unspecified atom stereocenters. The molecule has 0 aromatic rings. The summed E-state index contributed by atoms with van der Waals surface area (Å²) in [6, 6.07) is -2.04. The molecule has 0 rings (SSSR count). The molecule has 0 aromatic heterocycles. The predicted molar refractivity (Wildman–Crippen MR) is 47.0 cm³/mol. The molecule has 0 aliphatic carbocycles. The minimum Gasteiger partial charge on any atom is -0.480 e. The van der Waals surface area contributed by atoms with Gasteiger partial charge >= 0.3 is 5.97 Å². The minimum absolute atomic E-state index is 0.465. The zero-order valence-electron chi connectivity index (χ0n) is 6.60. The van der Waals surface area contributed by atoms with E-state index in [9.17, 15) is 9.59 Å². The van der Waals surface area contributed by atoms with Gasteiger partial charge in [-0.15, -0.1) is 0 Å². The van der Waals surface area contributed by atoms with Gasteiger partial charge in [-0.1, -0.05) is 0 Å². The Balaban J connectivity index is 4.29. The summed E-state index contributed by atoms with van der Waals surface area (Å²) in [5.41, 5.74) is 10.4. The Morgan fingerprint density at radius 1 is 1.42 bits per heavy atom. The first-order valence-corrected chi connectivity index (χ1v) is 3.85. The number of thiol groups is 1. The summed E-state index contributed by atoms with van der Waals surface area (Å²) in [6.07, 6.45) is 0. The number of nitrogens with two attached hydrogens (primary N) is 2. The van der Waals surface area contributed by atoms with Gasteiger partial charge in [0.1, 0.15) is 6.04 Å². The fraction of sp³-hybridized carbons (Fsp3) is 0.667. The summed E-state index contributed by atoms with van der Waals surface area (Å²) in [5.74, 6) is -1.72. The second-order valence-electron chi connectivity index (χ2n) is 2.50. The Labute approximate surface area is 75.5 Å². The van der Waals surface area contributed by atoms with E-state index in [0.29, 0.717) is 0 Å². The second kappa shape index (κ2) is 4.44. The highest BCUT2D eigenvalue weighted by molar-refractivity contribution is 7.82. The fourth-order valence-corrected chi connectivity index (χ4v) is 0.944. The zero-order valence-corrected chi connectivity index (χ0v) is 7.49. The maximum Gasteiger partial charge on any atom is 0.322 e. The molecule has 0 aromatic carbocycles. The Hall–Kier alpha value is -0.590. The lowest BCUT2D eigenvalue weighted by Crippen LogP contribution is -2.47. The molecule has 0 bridgehead atoms. The maximum atomic E-state index is 11.0. The largest absolute Gasteiger partial charge is 0.480 e. The molecule has 0 saturated heterocycles. The Morgan fingerprint density at radius 3 is 2.08 bits per heavy atom. The van der Waals surface area contributed by atoms with Gasteiger partial charge in [0.2, 0.25) is 0 Å². The molecule has 0 saturated carbocycles. The summed E-state index contributed by atoms with van der Waals surface area (Å²) >= 11 is 3.76. The summed E-state index contributed by atoms with van der Waals surface area (Å²) in [6.45, 7) is 1.46. The SMILES string of the molecule is CC(N)C(=O)C(S)C(N)C(=O)O. The average Bonchev–Trinajstić information content (AvgIpc) is 2.00. The lowest BCUT2D eigenvalue weighted by atomic mass is 10.1. The van der Waals surface area contributed by atoms with E-state index in [1.165, 1.54) is 6.92 Å². The molecule has 5 N–H and O–H groups in total. The van der Waals surface area contributed by atoms with Crippen LogP contribution in [-0.2, 0) is 9.59 Å². The third-order valence-corrected chi connectivity index (χ3v) is 1.94. The van der Waals surface area contributed by atoms with E-state index in [0.717, 1.165) is 0 Å². The van der Waals surface area contributed by atoms with Crippen molar-refractivity contribution in [1.82, 2.24) is 0 Å².